The molecular formula is C59H120Co2O19. The summed E-state index contributed by atoms with van der Waals surface area (Å²) < 4.78 is 43.5. The van der Waals surface area contributed by atoms with E-state index in [-0.39, 0.29) is 99.5 Å². The van der Waals surface area contributed by atoms with Gasteiger partial charge in [0, 0.05) is 33.6 Å². The van der Waals surface area contributed by atoms with Crippen molar-refractivity contribution < 1.29 is 127 Å². The summed E-state index contributed by atoms with van der Waals surface area (Å²) in [5.41, 5.74) is 1.38. The van der Waals surface area contributed by atoms with Crippen LogP contribution in [0.15, 0.2) is 0 Å². The Morgan fingerprint density at radius 1 is 0.463 bits per heavy atom. The van der Waals surface area contributed by atoms with Crippen LogP contribution in [0, 0.1) is 49.9 Å². The molecular weight excluding hydrogens is 1130 g/mol. The third kappa shape index (κ3) is 79.3. The summed E-state index contributed by atoms with van der Waals surface area (Å²) in [5.74, 6) is 0.837. The van der Waals surface area contributed by atoms with E-state index in [1.807, 2.05) is 27.7 Å². The molecule has 1 aliphatic carbocycles. The van der Waals surface area contributed by atoms with Crippen LogP contribution in [0.1, 0.15) is 178 Å². The first-order chi connectivity index (χ1) is 35.1. The number of carbonyl (C=O) groups excluding carboxylic acids is 2. The SMILES string of the molecule is C1CC2OC2CC1C1CO1.CC.CC.CC(C)(C)C.CC(C)(C)C(C)(C)C.CC(O)C1CO1.CC(O)C1CO1.CC([O-])C1CO1.CC([O-])C1CO1.CC([O-])C1CO1.CC([O-])C1CO1.CC1CO1.O.O.O=C=O.[CH2+]C[CH2+].[CH2+]C[CH2+].[Co].[Co]. The van der Waals surface area contributed by atoms with E-state index >= 15 is 0 Å². The Kier molecular flexibility index (Phi) is 68.8. The van der Waals surface area contributed by atoms with Crippen LogP contribution in [0.5, 0.6) is 0 Å². The van der Waals surface area contributed by atoms with Crippen LogP contribution in [0.3, 0.4) is 0 Å². The molecule has 10 rings (SSSR count). The molecule has 488 valence electrons. The first-order valence-electron chi connectivity index (χ1n) is 27.9. The number of rotatable bonds is 7. The average molecular weight is 1250 g/mol. The molecule has 6 N–H and O–H groups in total. The standard InChI is InChI=1S/C8H12O2.C8H18.C5H12.2C4H8O2.4C4H7O2.C3H6O.2C3H6.2C2H6.CO2.2Co.2H2O/c1-2-6-7(10-6)3-5(1)8-4-9-8;1-7(2,3)8(4,5)6;1-5(2,3)4;6*1-3(5)4-2-6-4;1-3-2-4-3;2*1-3-2;2*1-2;2-1-3;;;;/h5-8H,1-4H2;1-6H3;1-4H3;2*3-5H,2H2,1H3;4*3-4H,2H2,1H3;3H,2H2,1H3;2*1-3H2;2*1-2H3;;;;2*1H2/q;;;;;4*-1;;2*+2;;;;;;;. The number of aliphatic hydroxyl groups is 2. The molecule has 10 fully saturated rings. The fourth-order valence-electron chi connectivity index (χ4n) is 4.17. The summed E-state index contributed by atoms with van der Waals surface area (Å²) in [5, 5.41) is 57.8. The van der Waals surface area contributed by atoms with Crippen LogP contribution in [-0.4, -0.2) is 178 Å². The molecule has 1 saturated carbocycles. The number of ether oxygens (including phenoxy) is 9. The summed E-state index contributed by atoms with van der Waals surface area (Å²) in [6.45, 7) is 62.1. The van der Waals surface area contributed by atoms with Crippen LogP contribution < -0.4 is 20.4 Å². The van der Waals surface area contributed by atoms with Gasteiger partial charge in [0.25, 0.3) is 0 Å². The summed E-state index contributed by atoms with van der Waals surface area (Å²) in [6.07, 6.45) is 6.07. The largest absolute Gasteiger partial charge is 0.850 e. The van der Waals surface area contributed by atoms with Gasteiger partial charge in [-0.15, -0.1) is 24.4 Å². The molecule has 9 heterocycles. The van der Waals surface area contributed by atoms with Gasteiger partial charge < -0.3 is 84.2 Å². The van der Waals surface area contributed by atoms with Gasteiger partial charge in [0.2, 0.25) is 12.8 Å². The second-order valence-corrected chi connectivity index (χ2v) is 22.6. The van der Waals surface area contributed by atoms with Gasteiger partial charge in [-0.25, -0.2) is 0 Å². The van der Waals surface area contributed by atoms with Gasteiger partial charge in [-0.1, -0.05) is 125 Å². The van der Waals surface area contributed by atoms with Crippen molar-refractivity contribution in [2.75, 3.05) is 52.9 Å². The number of aliphatic hydroxyl groups excluding tert-OH is 2. The third-order valence-corrected chi connectivity index (χ3v) is 11.0. The first-order valence-corrected chi connectivity index (χ1v) is 27.9. The fraction of sp³-hybridized carbons (Fsp3) is 0.915. The molecule has 0 aromatic heterocycles. The molecule has 19 nitrogen and oxygen atoms in total. The average Bonchev–Trinajstić information content (AvgIpc) is 4.15. The monoisotopic (exact) mass is 1250 g/mol. The third-order valence-electron chi connectivity index (χ3n) is 11.0. The van der Waals surface area contributed by atoms with Gasteiger partial charge in [0.1, 0.15) is 39.9 Å². The van der Waals surface area contributed by atoms with Crippen LogP contribution in [0.4, 0.5) is 0 Å². The normalized spacial score (nSPS) is 28.2. The number of hydrogen-bond acceptors (Lipinski definition) is 17. The van der Waals surface area contributed by atoms with E-state index in [1.165, 1.54) is 19.3 Å². The zero-order valence-electron chi connectivity index (χ0n) is 53.5. The summed E-state index contributed by atoms with van der Waals surface area (Å²) in [7, 11) is 0. The Hall–Kier alpha value is -0.807. The minimum atomic E-state index is -0.509. The van der Waals surface area contributed by atoms with E-state index in [0.29, 0.717) is 67.1 Å². The minimum Gasteiger partial charge on any atom is -0.850 e. The van der Waals surface area contributed by atoms with E-state index in [2.05, 4.69) is 123 Å². The summed E-state index contributed by atoms with van der Waals surface area (Å²) >= 11 is 0. The van der Waals surface area contributed by atoms with Crippen molar-refractivity contribution >= 4 is 6.15 Å². The van der Waals surface area contributed by atoms with Gasteiger partial charge in [0.05, 0.1) is 114 Å². The molecule has 2 radical (unpaired) electrons. The van der Waals surface area contributed by atoms with Gasteiger partial charge in [-0.2, -0.15) is 9.59 Å². The zero-order chi connectivity index (χ0) is 60.6. The van der Waals surface area contributed by atoms with E-state index in [4.69, 9.17) is 43.5 Å². The molecule has 10 aliphatic rings. The Morgan fingerprint density at radius 3 is 0.750 bits per heavy atom. The van der Waals surface area contributed by atoms with Crippen LogP contribution in [0.25, 0.3) is 0 Å². The van der Waals surface area contributed by atoms with E-state index in [0.717, 1.165) is 45.2 Å². The van der Waals surface area contributed by atoms with Gasteiger partial charge in [-0.3, -0.25) is 0 Å². The Morgan fingerprint density at radius 2 is 0.662 bits per heavy atom. The summed E-state index contributed by atoms with van der Waals surface area (Å²) in [6, 6.07) is 0. The number of hydrogen-bond donors (Lipinski definition) is 2. The van der Waals surface area contributed by atoms with Crippen molar-refractivity contribution in [3.63, 3.8) is 0 Å². The molecule has 9 aliphatic heterocycles. The molecule has 0 aromatic rings. The second kappa shape index (κ2) is 56.0. The summed E-state index contributed by atoms with van der Waals surface area (Å²) in [4.78, 5) is 16.2. The first kappa shape index (κ1) is 98.3. The van der Waals surface area contributed by atoms with Crippen molar-refractivity contribution in [3.05, 3.63) is 27.7 Å². The molecule has 80 heavy (non-hydrogen) atoms. The number of fused-ring (bicyclic) bond motifs is 1. The smallest absolute Gasteiger partial charge is 0.373 e. The second-order valence-electron chi connectivity index (χ2n) is 22.6. The van der Waals surface area contributed by atoms with Crippen molar-refractivity contribution in [1.82, 2.24) is 0 Å². The predicted molar refractivity (Wildman–Crippen MR) is 300 cm³/mol. The predicted octanol–water partition coefficient (Wildman–Crippen LogP) is 4.46. The maximum absolute atomic E-state index is 10.2. The number of epoxide rings is 9. The van der Waals surface area contributed by atoms with Gasteiger partial charge in [-0.05, 0) is 62.2 Å². The molecule has 0 aromatic carbocycles. The molecule has 0 bridgehead atoms. The van der Waals surface area contributed by atoms with Crippen molar-refractivity contribution in [2.45, 2.75) is 275 Å². The van der Waals surface area contributed by atoms with Crippen molar-refractivity contribution in [1.29, 1.82) is 0 Å². The van der Waals surface area contributed by atoms with Crippen LogP contribution in [-0.2, 0) is 85.8 Å². The van der Waals surface area contributed by atoms with Crippen LogP contribution in [0.2, 0.25) is 0 Å². The molecule has 9 saturated heterocycles. The molecule has 17 atom stereocenters. The van der Waals surface area contributed by atoms with Gasteiger partial charge >= 0.3 is 6.15 Å². The Labute approximate surface area is 509 Å². The van der Waals surface area contributed by atoms with Crippen molar-refractivity contribution in [3.8, 4) is 0 Å². The van der Waals surface area contributed by atoms with E-state index in [9.17, 15) is 20.4 Å². The molecule has 0 spiro atoms. The topological polar surface area (TPSA) is 343 Å². The molecule has 0 amide bonds. The zero-order valence-corrected chi connectivity index (χ0v) is 55.6. The quantitative estimate of drug-likeness (QED) is 0.262. The van der Waals surface area contributed by atoms with E-state index in [1.54, 1.807) is 41.5 Å². The maximum Gasteiger partial charge on any atom is 0.373 e. The fourth-order valence-corrected chi connectivity index (χ4v) is 4.17. The van der Waals surface area contributed by atoms with Gasteiger partial charge in [0.15, 0.2) is 0 Å². The van der Waals surface area contributed by atoms with Crippen molar-refractivity contribution in [2.24, 2.45) is 22.2 Å². The van der Waals surface area contributed by atoms with Crippen LogP contribution >= 0.6 is 0 Å². The minimum absolute atomic E-state index is 0. The molecule has 17 unspecified atom stereocenters. The molecule has 21 heteroatoms. The van der Waals surface area contributed by atoms with E-state index < -0.39 is 24.4 Å². The Bertz CT molecular complexity index is 1130. The Balaban J connectivity index is -0.0000000978. The maximum atomic E-state index is 10.2.